The summed E-state index contributed by atoms with van der Waals surface area (Å²) in [6.07, 6.45) is 4.30. The highest BCUT2D eigenvalue weighted by Crippen LogP contribution is 2.28. The third-order valence-corrected chi connectivity index (χ3v) is 4.46. The zero-order valence-electron chi connectivity index (χ0n) is 12.6. The van der Waals surface area contributed by atoms with E-state index in [0.717, 1.165) is 47.0 Å². The van der Waals surface area contributed by atoms with Gasteiger partial charge >= 0.3 is 0 Å². The second kappa shape index (κ2) is 4.84. The summed E-state index contributed by atoms with van der Waals surface area (Å²) in [5.74, 6) is 1.80. The molecule has 3 aromatic heterocycles. The van der Waals surface area contributed by atoms with Crippen LogP contribution in [0.25, 0.3) is 28.1 Å². The van der Waals surface area contributed by atoms with E-state index < -0.39 is 0 Å². The Morgan fingerprint density at radius 1 is 1.00 bits per heavy atom. The van der Waals surface area contributed by atoms with Crippen LogP contribution in [0.4, 0.5) is 5.82 Å². The molecule has 4 heterocycles. The summed E-state index contributed by atoms with van der Waals surface area (Å²) in [5.41, 5.74) is 2.61. The zero-order valence-corrected chi connectivity index (χ0v) is 12.6. The molecule has 1 aliphatic heterocycles. The van der Waals surface area contributed by atoms with E-state index in [-0.39, 0.29) is 0 Å². The molecule has 0 bridgehead atoms. The number of benzene rings is 1. The van der Waals surface area contributed by atoms with Crippen molar-refractivity contribution in [2.45, 2.75) is 12.8 Å². The molecule has 0 saturated carbocycles. The summed E-state index contributed by atoms with van der Waals surface area (Å²) < 4.78 is 7.85. The quantitative estimate of drug-likeness (QED) is 0.566. The van der Waals surface area contributed by atoms with Crippen LogP contribution in [-0.2, 0) is 0 Å². The highest BCUT2D eigenvalue weighted by atomic mass is 16.3. The van der Waals surface area contributed by atoms with Gasteiger partial charge in [-0.2, -0.15) is 0 Å². The summed E-state index contributed by atoms with van der Waals surface area (Å²) in [6.45, 7) is 2.15. The lowest BCUT2D eigenvalue weighted by molar-refractivity contribution is 0.625. The Morgan fingerprint density at radius 3 is 2.74 bits per heavy atom. The highest BCUT2D eigenvalue weighted by Gasteiger charge is 2.17. The van der Waals surface area contributed by atoms with Crippen molar-refractivity contribution >= 4 is 22.4 Å². The number of furan rings is 1. The topological polar surface area (TPSA) is 46.6 Å². The summed E-state index contributed by atoms with van der Waals surface area (Å²) in [5, 5.41) is 5.87. The Labute approximate surface area is 133 Å². The lowest BCUT2D eigenvalue weighted by Gasteiger charge is -2.15. The van der Waals surface area contributed by atoms with E-state index in [2.05, 4.69) is 22.0 Å². The van der Waals surface area contributed by atoms with Crippen molar-refractivity contribution in [1.82, 2.24) is 14.6 Å². The number of fused-ring (bicyclic) bond motifs is 2. The van der Waals surface area contributed by atoms with E-state index in [1.54, 1.807) is 0 Å². The SMILES string of the molecule is c1ccc2oc(-c3cnc4ccc(N5CCCC5)nn34)cc2c1. The molecular formula is C18H16N4O. The molecule has 0 N–H and O–H groups in total. The molecule has 0 aliphatic carbocycles. The van der Waals surface area contributed by atoms with Gasteiger partial charge in [0.1, 0.15) is 17.1 Å². The van der Waals surface area contributed by atoms with Crippen LogP contribution < -0.4 is 4.90 Å². The van der Waals surface area contributed by atoms with Crippen molar-refractivity contribution < 1.29 is 4.42 Å². The van der Waals surface area contributed by atoms with Gasteiger partial charge in [-0.25, -0.2) is 9.50 Å². The van der Waals surface area contributed by atoms with Gasteiger partial charge in [-0.3, -0.25) is 0 Å². The predicted molar refractivity (Wildman–Crippen MR) is 89.6 cm³/mol. The number of hydrogen-bond acceptors (Lipinski definition) is 4. The first kappa shape index (κ1) is 12.7. The zero-order chi connectivity index (χ0) is 15.2. The summed E-state index contributed by atoms with van der Waals surface area (Å²) >= 11 is 0. The number of hydrogen-bond donors (Lipinski definition) is 0. The van der Waals surface area contributed by atoms with Crippen LogP contribution in [0.5, 0.6) is 0 Å². The van der Waals surface area contributed by atoms with E-state index >= 15 is 0 Å². The van der Waals surface area contributed by atoms with E-state index in [0.29, 0.717) is 0 Å². The Bertz CT molecular complexity index is 962. The van der Waals surface area contributed by atoms with Crippen LogP contribution in [0.2, 0.25) is 0 Å². The van der Waals surface area contributed by atoms with Gasteiger partial charge in [-0.05, 0) is 37.1 Å². The molecule has 4 aromatic rings. The smallest absolute Gasteiger partial charge is 0.155 e. The Hall–Kier alpha value is -2.82. The predicted octanol–water partition coefficient (Wildman–Crippen LogP) is 3.74. The second-order valence-corrected chi connectivity index (χ2v) is 5.95. The number of para-hydroxylation sites is 1. The molecule has 0 spiro atoms. The number of nitrogens with zero attached hydrogens (tertiary/aromatic N) is 4. The first-order chi connectivity index (χ1) is 11.4. The standard InChI is InChI=1S/C18H16N4O/c1-2-6-15-13(5-1)11-16(23-15)14-12-19-17-7-8-18(20-22(14)17)21-9-3-4-10-21/h1-2,5-8,11-12H,3-4,9-10H2. The van der Waals surface area contributed by atoms with E-state index in [4.69, 9.17) is 9.52 Å². The third-order valence-electron chi connectivity index (χ3n) is 4.46. The maximum Gasteiger partial charge on any atom is 0.155 e. The van der Waals surface area contributed by atoms with Crippen LogP contribution in [-0.4, -0.2) is 27.7 Å². The molecule has 5 rings (SSSR count). The summed E-state index contributed by atoms with van der Waals surface area (Å²) in [6, 6.07) is 14.1. The molecule has 0 atom stereocenters. The lowest BCUT2D eigenvalue weighted by Crippen LogP contribution is -2.19. The van der Waals surface area contributed by atoms with Crippen LogP contribution >= 0.6 is 0 Å². The fourth-order valence-corrected chi connectivity index (χ4v) is 3.25. The minimum atomic E-state index is 0.796. The number of imidazole rings is 1. The fourth-order valence-electron chi connectivity index (χ4n) is 3.25. The first-order valence-corrected chi connectivity index (χ1v) is 7.97. The number of anilines is 1. The van der Waals surface area contributed by atoms with Gasteiger partial charge in [-0.1, -0.05) is 18.2 Å². The van der Waals surface area contributed by atoms with Gasteiger partial charge in [-0.15, -0.1) is 5.10 Å². The number of aromatic nitrogens is 3. The van der Waals surface area contributed by atoms with E-state index in [1.807, 2.05) is 41.0 Å². The van der Waals surface area contributed by atoms with Crippen LogP contribution in [0.3, 0.4) is 0 Å². The van der Waals surface area contributed by atoms with E-state index in [1.165, 1.54) is 12.8 Å². The molecule has 5 heteroatoms. The average molecular weight is 304 g/mol. The minimum absolute atomic E-state index is 0.796. The van der Waals surface area contributed by atoms with Gasteiger partial charge in [0.15, 0.2) is 11.4 Å². The lowest BCUT2D eigenvalue weighted by atomic mass is 10.2. The van der Waals surface area contributed by atoms with Gasteiger partial charge in [0.05, 0.1) is 6.20 Å². The molecule has 1 fully saturated rings. The van der Waals surface area contributed by atoms with Crippen molar-refractivity contribution in [3.8, 4) is 11.5 Å². The first-order valence-electron chi connectivity index (χ1n) is 7.97. The molecule has 23 heavy (non-hydrogen) atoms. The maximum absolute atomic E-state index is 5.97. The van der Waals surface area contributed by atoms with Crippen molar-refractivity contribution in [2.75, 3.05) is 18.0 Å². The normalized spacial score (nSPS) is 15.0. The van der Waals surface area contributed by atoms with Gasteiger partial charge in [0.25, 0.3) is 0 Å². The van der Waals surface area contributed by atoms with Crippen molar-refractivity contribution in [3.63, 3.8) is 0 Å². The Balaban J connectivity index is 1.66. The summed E-state index contributed by atoms with van der Waals surface area (Å²) in [7, 11) is 0. The minimum Gasteiger partial charge on any atom is -0.454 e. The van der Waals surface area contributed by atoms with Crippen molar-refractivity contribution in [3.05, 3.63) is 48.7 Å². The summed E-state index contributed by atoms with van der Waals surface area (Å²) in [4.78, 5) is 6.78. The Kier molecular flexibility index (Phi) is 2.67. The fraction of sp³-hybridized carbons (Fsp3) is 0.222. The monoisotopic (exact) mass is 304 g/mol. The van der Waals surface area contributed by atoms with E-state index in [9.17, 15) is 0 Å². The second-order valence-electron chi connectivity index (χ2n) is 5.95. The van der Waals surface area contributed by atoms with Crippen LogP contribution in [0.1, 0.15) is 12.8 Å². The van der Waals surface area contributed by atoms with Gasteiger partial charge < -0.3 is 9.32 Å². The molecule has 1 aliphatic rings. The highest BCUT2D eigenvalue weighted by molar-refractivity contribution is 5.82. The molecule has 0 amide bonds. The van der Waals surface area contributed by atoms with Gasteiger partial charge in [0.2, 0.25) is 0 Å². The largest absolute Gasteiger partial charge is 0.454 e. The molecule has 0 unspecified atom stereocenters. The van der Waals surface area contributed by atoms with Crippen LogP contribution in [0.15, 0.2) is 53.1 Å². The third kappa shape index (κ3) is 2.00. The van der Waals surface area contributed by atoms with Gasteiger partial charge in [0, 0.05) is 18.5 Å². The molecular weight excluding hydrogens is 288 g/mol. The molecule has 5 nitrogen and oxygen atoms in total. The molecule has 0 radical (unpaired) electrons. The van der Waals surface area contributed by atoms with Crippen molar-refractivity contribution in [1.29, 1.82) is 0 Å². The number of rotatable bonds is 2. The maximum atomic E-state index is 5.97. The molecule has 1 aromatic carbocycles. The average Bonchev–Trinajstić information content (AvgIpc) is 3.32. The van der Waals surface area contributed by atoms with Crippen LogP contribution in [0, 0.1) is 0 Å². The molecule has 114 valence electrons. The Morgan fingerprint density at radius 2 is 1.87 bits per heavy atom. The molecule has 1 saturated heterocycles. The van der Waals surface area contributed by atoms with Crippen molar-refractivity contribution in [2.24, 2.45) is 0 Å².